The lowest BCUT2D eigenvalue weighted by Gasteiger charge is -2.24. The van der Waals surface area contributed by atoms with Gasteiger partial charge >= 0.3 is 11.9 Å². The topological polar surface area (TPSA) is 124 Å². The second kappa shape index (κ2) is 10.2. The van der Waals surface area contributed by atoms with E-state index < -0.39 is 11.9 Å². The van der Waals surface area contributed by atoms with Crippen LogP contribution in [0.3, 0.4) is 0 Å². The van der Waals surface area contributed by atoms with Crippen molar-refractivity contribution >= 4 is 17.7 Å². The summed E-state index contributed by atoms with van der Waals surface area (Å²) in [6, 6.07) is 7.38. The molecule has 8 heteroatoms. The van der Waals surface area contributed by atoms with Crippen LogP contribution in [0.2, 0.25) is 0 Å². The molecule has 2 rings (SSSR count). The number of ketones is 1. The lowest BCUT2D eigenvalue weighted by molar-refractivity contribution is -0.143. The molecule has 0 spiro atoms. The highest BCUT2D eigenvalue weighted by atomic mass is 16.4. The van der Waals surface area contributed by atoms with Crippen LogP contribution in [0.15, 0.2) is 36.7 Å². The van der Waals surface area contributed by atoms with E-state index in [0.29, 0.717) is 6.54 Å². The zero-order valence-electron chi connectivity index (χ0n) is 15.0. The van der Waals surface area contributed by atoms with Gasteiger partial charge in [0.15, 0.2) is 5.78 Å². The highest BCUT2D eigenvalue weighted by Crippen LogP contribution is 2.14. The van der Waals surface area contributed by atoms with E-state index in [-0.39, 0.29) is 24.7 Å². The number of Topliss-reactive ketones (excluding diaryl/α,β-unsaturated/α-hetero) is 1. The zero-order valence-corrected chi connectivity index (χ0v) is 15.0. The van der Waals surface area contributed by atoms with Crippen LogP contribution < -0.4 is 5.73 Å². The van der Waals surface area contributed by atoms with Crippen molar-refractivity contribution in [3.8, 4) is 0 Å². The second-order valence-electron chi connectivity index (χ2n) is 5.94. The molecule has 1 aromatic rings. The third-order valence-electron chi connectivity index (χ3n) is 3.80. The quantitative estimate of drug-likeness (QED) is 0.620. The minimum absolute atomic E-state index is 0.138. The lowest BCUT2D eigenvalue weighted by Crippen LogP contribution is -2.36. The summed E-state index contributed by atoms with van der Waals surface area (Å²) in [5, 5.41) is 15.8. The maximum absolute atomic E-state index is 12.3. The van der Waals surface area contributed by atoms with Crippen molar-refractivity contribution in [1.29, 1.82) is 0 Å². The smallest absolute Gasteiger partial charge is 0.303 e. The van der Waals surface area contributed by atoms with Crippen LogP contribution in [-0.4, -0.2) is 57.5 Å². The van der Waals surface area contributed by atoms with E-state index >= 15 is 0 Å². The van der Waals surface area contributed by atoms with Gasteiger partial charge in [0.1, 0.15) is 0 Å². The molecule has 142 valence electrons. The maximum atomic E-state index is 12.3. The zero-order chi connectivity index (χ0) is 19.7. The number of carbonyl (C=O) groups excluding carboxylic acids is 1. The summed E-state index contributed by atoms with van der Waals surface area (Å²) in [6.45, 7) is 3.19. The van der Waals surface area contributed by atoms with Crippen molar-refractivity contribution in [3.05, 3.63) is 47.8 Å². The number of aliphatic carboxylic acids is 2. The summed E-state index contributed by atoms with van der Waals surface area (Å²) in [4.78, 5) is 35.7. The monoisotopic (exact) mass is 363 g/mol. The SMILES string of the molecule is CC(C(=O)c1ccc(CN)cc1)N1C=CN(C)C1.O=C(O)CCC(=O)O. The van der Waals surface area contributed by atoms with Gasteiger partial charge in [-0.2, -0.15) is 0 Å². The fourth-order valence-electron chi connectivity index (χ4n) is 2.21. The number of hydrogen-bond donors (Lipinski definition) is 3. The fourth-order valence-corrected chi connectivity index (χ4v) is 2.21. The van der Waals surface area contributed by atoms with Crippen LogP contribution in [0.25, 0.3) is 0 Å². The van der Waals surface area contributed by atoms with E-state index in [2.05, 4.69) is 0 Å². The minimum atomic E-state index is -1.08. The summed E-state index contributed by atoms with van der Waals surface area (Å²) in [5.41, 5.74) is 7.32. The Bertz CT molecular complexity index is 643. The van der Waals surface area contributed by atoms with Crippen molar-refractivity contribution in [3.63, 3.8) is 0 Å². The third kappa shape index (κ3) is 6.94. The van der Waals surface area contributed by atoms with Gasteiger partial charge in [-0.3, -0.25) is 14.4 Å². The number of nitrogens with zero attached hydrogens (tertiary/aromatic N) is 2. The first-order valence-corrected chi connectivity index (χ1v) is 8.15. The molecule has 0 bridgehead atoms. The van der Waals surface area contributed by atoms with E-state index in [1.165, 1.54) is 0 Å². The number of carboxylic acids is 2. The van der Waals surface area contributed by atoms with Crippen molar-refractivity contribution < 1.29 is 24.6 Å². The Hall–Kier alpha value is -2.87. The largest absolute Gasteiger partial charge is 0.481 e. The Kier molecular flexibility index (Phi) is 8.30. The Morgan fingerprint density at radius 2 is 1.62 bits per heavy atom. The molecule has 0 aliphatic carbocycles. The molecular weight excluding hydrogens is 338 g/mol. The Morgan fingerprint density at radius 1 is 1.08 bits per heavy atom. The number of nitrogens with two attached hydrogens (primary N) is 1. The number of benzene rings is 1. The van der Waals surface area contributed by atoms with Gasteiger partial charge in [0.2, 0.25) is 0 Å². The molecule has 0 amide bonds. The van der Waals surface area contributed by atoms with Crippen molar-refractivity contribution in [1.82, 2.24) is 9.80 Å². The highest BCUT2D eigenvalue weighted by molar-refractivity contribution is 6.00. The number of hydrogen-bond acceptors (Lipinski definition) is 6. The second-order valence-corrected chi connectivity index (χ2v) is 5.94. The van der Waals surface area contributed by atoms with Crippen LogP contribution in [0, 0.1) is 0 Å². The molecule has 0 fully saturated rings. The van der Waals surface area contributed by atoms with Gasteiger partial charge in [0.25, 0.3) is 0 Å². The number of carboxylic acid groups (broad SMARTS) is 2. The van der Waals surface area contributed by atoms with Crippen LogP contribution in [0.4, 0.5) is 0 Å². The molecule has 0 saturated heterocycles. The number of carbonyl (C=O) groups is 3. The molecular formula is C18H25N3O5. The molecule has 1 aliphatic rings. The normalized spacial score (nSPS) is 13.8. The predicted octanol–water partition coefficient (Wildman–Crippen LogP) is 1.33. The van der Waals surface area contributed by atoms with Gasteiger partial charge in [-0.15, -0.1) is 0 Å². The van der Waals surface area contributed by atoms with Crippen LogP contribution in [-0.2, 0) is 16.1 Å². The van der Waals surface area contributed by atoms with Crippen molar-refractivity contribution in [2.45, 2.75) is 32.4 Å². The average Bonchev–Trinajstić information content (AvgIpc) is 3.05. The first kappa shape index (κ1) is 21.2. The van der Waals surface area contributed by atoms with Gasteiger partial charge in [0, 0.05) is 31.6 Å². The average molecular weight is 363 g/mol. The van der Waals surface area contributed by atoms with Crippen LogP contribution in [0.5, 0.6) is 0 Å². The minimum Gasteiger partial charge on any atom is -0.481 e. The summed E-state index contributed by atoms with van der Waals surface area (Å²) in [7, 11) is 1.99. The summed E-state index contributed by atoms with van der Waals surface area (Å²) < 4.78 is 0. The summed E-state index contributed by atoms with van der Waals surface area (Å²) >= 11 is 0. The molecule has 0 saturated carbocycles. The lowest BCUT2D eigenvalue weighted by atomic mass is 10.0. The van der Waals surface area contributed by atoms with Gasteiger partial charge in [-0.25, -0.2) is 0 Å². The molecule has 4 N–H and O–H groups in total. The molecule has 1 unspecified atom stereocenters. The van der Waals surface area contributed by atoms with Crippen molar-refractivity contribution in [2.75, 3.05) is 13.7 Å². The van der Waals surface area contributed by atoms with Crippen LogP contribution in [0.1, 0.15) is 35.7 Å². The third-order valence-corrected chi connectivity index (χ3v) is 3.80. The van der Waals surface area contributed by atoms with Crippen molar-refractivity contribution in [2.24, 2.45) is 5.73 Å². The molecule has 8 nitrogen and oxygen atoms in total. The van der Waals surface area contributed by atoms with Gasteiger partial charge in [-0.05, 0) is 12.5 Å². The van der Waals surface area contributed by atoms with Gasteiger partial charge in [-0.1, -0.05) is 24.3 Å². The Balaban J connectivity index is 0.000000359. The summed E-state index contributed by atoms with van der Waals surface area (Å²) in [6.07, 6.45) is 3.34. The fraction of sp³-hybridized carbons (Fsp3) is 0.389. The van der Waals surface area contributed by atoms with E-state index in [0.717, 1.165) is 17.8 Å². The first-order chi connectivity index (χ1) is 12.2. The van der Waals surface area contributed by atoms with Gasteiger partial charge in [0.05, 0.1) is 25.6 Å². The first-order valence-electron chi connectivity index (χ1n) is 8.15. The molecule has 26 heavy (non-hydrogen) atoms. The number of rotatable bonds is 7. The predicted molar refractivity (Wildman–Crippen MR) is 96.2 cm³/mol. The molecule has 1 aromatic carbocycles. The Morgan fingerprint density at radius 3 is 2.00 bits per heavy atom. The molecule has 1 aliphatic heterocycles. The van der Waals surface area contributed by atoms with Crippen LogP contribution >= 0.6 is 0 Å². The Labute approximate surface area is 152 Å². The molecule has 1 atom stereocenters. The van der Waals surface area contributed by atoms with Gasteiger partial charge < -0.3 is 25.7 Å². The summed E-state index contributed by atoms with van der Waals surface area (Å²) in [5.74, 6) is -2.02. The standard InChI is InChI=1S/C14H19N3O.C4H6O4/c1-11(17-8-7-16(2)10-17)14(18)13-5-3-12(9-15)4-6-13;5-3(6)1-2-4(7)8/h3-8,11H,9-10,15H2,1-2H3;1-2H2,(H,5,6)(H,7,8). The van der Waals surface area contributed by atoms with E-state index in [4.69, 9.17) is 15.9 Å². The molecule has 1 heterocycles. The molecule has 0 aromatic heterocycles. The maximum Gasteiger partial charge on any atom is 0.303 e. The van der Waals surface area contributed by atoms with E-state index in [9.17, 15) is 14.4 Å². The highest BCUT2D eigenvalue weighted by Gasteiger charge is 2.22. The molecule has 0 radical (unpaired) electrons. The van der Waals surface area contributed by atoms with E-state index in [1.54, 1.807) is 0 Å². The van der Waals surface area contributed by atoms with E-state index in [1.807, 2.05) is 60.4 Å².